The molecule has 0 bridgehead atoms. The van der Waals surface area contributed by atoms with Crippen LogP contribution in [0.5, 0.6) is 0 Å². The standard InChI is InChI=1S/C26H36N4O5/c1-16(18-10-8-17(9-11-18)15-27-23(32)34-25(2,3)4)22(31)28-21-14-20(19-12-13-19)30(29-21)24(33)35-26(5,6)7/h8-11,14,16,19H,12-13,15H2,1-7H3,(H,27,32)(H,28,29,31). The Morgan fingerprint density at radius 3 is 2.17 bits per heavy atom. The number of ether oxygens (including phenoxy) is 2. The Labute approximate surface area is 206 Å². The summed E-state index contributed by atoms with van der Waals surface area (Å²) < 4.78 is 12.0. The fourth-order valence-corrected chi connectivity index (χ4v) is 3.38. The number of hydrogen-bond donors (Lipinski definition) is 2. The second kappa shape index (κ2) is 10.1. The Balaban J connectivity index is 1.61. The summed E-state index contributed by atoms with van der Waals surface area (Å²) in [7, 11) is 0. The lowest BCUT2D eigenvalue weighted by Gasteiger charge is -2.19. The van der Waals surface area contributed by atoms with Gasteiger partial charge in [-0.3, -0.25) is 4.79 Å². The van der Waals surface area contributed by atoms with Crippen molar-refractivity contribution < 1.29 is 23.9 Å². The summed E-state index contributed by atoms with van der Waals surface area (Å²) in [6.07, 6.45) is 0.926. The van der Waals surface area contributed by atoms with Gasteiger partial charge in [-0.2, -0.15) is 4.68 Å². The van der Waals surface area contributed by atoms with Gasteiger partial charge in [-0.15, -0.1) is 5.10 Å². The van der Waals surface area contributed by atoms with Gasteiger partial charge in [-0.05, 0) is 72.4 Å². The van der Waals surface area contributed by atoms with Crippen LogP contribution in [0.1, 0.15) is 90.0 Å². The van der Waals surface area contributed by atoms with E-state index in [0.717, 1.165) is 29.7 Å². The molecule has 1 aromatic carbocycles. The molecule has 9 nitrogen and oxygen atoms in total. The summed E-state index contributed by atoms with van der Waals surface area (Å²) in [6, 6.07) is 9.17. The molecule has 190 valence electrons. The van der Waals surface area contributed by atoms with Crippen LogP contribution in [0.4, 0.5) is 15.4 Å². The van der Waals surface area contributed by atoms with Gasteiger partial charge >= 0.3 is 12.2 Å². The third-order valence-corrected chi connectivity index (χ3v) is 5.26. The van der Waals surface area contributed by atoms with E-state index in [-0.39, 0.29) is 11.8 Å². The molecule has 1 unspecified atom stereocenters. The third kappa shape index (κ3) is 7.83. The number of carbonyl (C=O) groups is 3. The zero-order valence-electron chi connectivity index (χ0n) is 21.6. The second-order valence-corrected chi connectivity index (χ2v) is 10.9. The van der Waals surface area contributed by atoms with Gasteiger partial charge in [0.15, 0.2) is 5.82 Å². The SMILES string of the molecule is CC(C(=O)Nc1cc(C2CC2)n(C(=O)OC(C)(C)C)n1)c1ccc(CNC(=O)OC(C)(C)C)cc1. The minimum Gasteiger partial charge on any atom is -0.444 e. The van der Waals surface area contributed by atoms with Crippen molar-refractivity contribution >= 4 is 23.9 Å². The van der Waals surface area contributed by atoms with Gasteiger partial charge in [-0.25, -0.2) is 9.59 Å². The molecule has 1 fully saturated rings. The number of amides is 2. The molecule has 1 saturated carbocycles. The van der Waals surface area contributed by atoms with Crippen molar-refractivity contribution in [2.45, 2.75) is 90.9 Å². The fourth-order valence-electron chi connectivity index (χ4n) is 3.38. The van der Waals surface area contributed by atoms with Gasteiger partial charge in [0.25, 0.3) is 0 Å². The van der Waals surface area contributed by atoms with Crippen molar-refractivity contribution in [1.82, 2.24) is 15.1 Å². The van der Waals surface area contributed by atoms with E-state index < -0.39 is 29.3 Å². The summed E-state index contributed by atoms with van der Waals surface area (Å²) in [5.74, 6) is -0.104. The first-order valence-electron chi connectivity index (χ1n) is 11.9. The number of carbonyl (C=O) groups excluding carboxylic acids is 3. The van der Waals surface area contributed by atoms with E-state index in [1.165, 1.54) is 4.68 Å². The first kappa shape index (κ1) is 26.2. The maximum atomic E-state index is 12.9. The highest BCUT2D eigenvalue weighted by Gasteiger charge is 2.32. The minimum absolute atomic E-state index is 0.235. The Morgan fingerprint density at radius 2 is 1.63 bits per heavy atom. The lowest BCUT2D eigenvalue weighted by atomic mass is 9.99. The van der Waals surface area contributed by atoms with Crippen LogP contribution in [-0.2, 0) is 20.8 Å². The summed E-state index contributed by atoms with van der Waals surface area (Å²) in [5, 5.41) is 9.85. The highest BCUT2D eigenvalue weighted by molar-refractivity contribution is 5.95. The predicted octanol–water partition coefficient (Wildman–Crippen LogP) is 5.31. The van der Waals surface area contributed by atoms with E-state index in [4.69, 9.17) is 9.47 Å². The number of anilines is 1. The van der Waals surface area contributed by atoms with Crippen LogP contribution in [0.25, 0.3) is 0 Å². The topological polar surface area (TPSA) is 112 Å². The van der Waals surface area contributed by atoms with Crippen molar-refractivity contribution in [1.29, 1.82) is 0 Å². The number of rotatable bonds is 6. The van der Waals surface area contributed by atoms with Gasteiger partial charge in [-0.1, -0.05) is 24.3 Å². The molecule has 9 heteroatoms. The largest absolute Gasteiger partial charge is 0.444 e. The lowest BCUT2D eigenvalue weighted by Crippen LogP contribution is -2.32. The van der Waals surface area contributed by atoms with Crippen LogP contribution in [0, 0.1) is 0 Å². The molecule has 1 aliphatic carbocycles. The Hall–Kier alpha value is -3.36. The molecule has 2 amide bonds. The molecule has 1 aliphatic rings. The predicted molar refractivity (Wildman–Crippen MR) is 132 cm³/mol. The molecule has 1 atom stereocenters. The average molecular weight is 485 g/mol. The third-order valence-electron chi connectivity index (χ3n) is 5.26. The highest BCUT2D eigenvalue weighted by atomic mass is 16.6. The van der Waals surface area contributed by atoms with Gasteiger partial charge in [0, 0.05) is 18.5 Å². The van der Waals surface area contributed by atoms with Crippen LogP contribution in [0.15, 0.2) is 30.3 Å². The molecule has 1 heterocycles. The van der Waals surface area contributed by atoms with Crippen molar-refractivity contribution in [2.75, 3.05) is 5.32 Å². The van der Waals surface area contributed by atoms with Gasteiger partial charge in [0.2, 0.25) is 5.91 Å². The average Bonchev–Trinajstić information content (AvgIpc) is 3.49. The zero-order chi connectivity index (χ0) is 26.0. The first-order chi connectivity index (χ1) is 16.2. The molecule has 35 heavy (non-hydrogen) atoms. The van der Waals surface area contributed by atoms with Crippen molar-refractivity contribution in [3.63, 3.8) is 0 Å². The second-order valence-electron chi connectivity index (χ2n) is 10.9. The Bertz CT molecular complexity index is 1070. The molecule has 0 saturated heterocycles. The highest BCUT2D eigenvalue weighted by Crippen LogP contribution is 2.41. The summed E-state index contributed by atoms with van der Waals surface area (Å²) in [6.45, 7) is 12.9. The molecule has 0 spiro atoms. The van der Waals surface area contributed by atoms with Gasteiger partial charge < -0.3 is 20.1 Å². The van der Waals surface area contributed by atoms with Crippen molar-refractivity contribution in [3.05, 3.63) is 47.2 Å². The minimum atomic E-state index is -0.642. The van der Waals surface area contributed by atoms with Crippen LogP contribution in [0.2, 0.25) is 0 Å². The summed E-state index contributed by atoms with van der Waals surface area (Å²) >= 11 is 0. The molecule has 1 aromatic heterocycles. The fraction of sp³-hybridized carbons (Fsp3) is 0.538. The number of nitrogens with one attached hydrogen (secondary N) is 2. The molecular formula is C26H36N4O5. The number of alkyl carbamates (subject to hydrolysis) is 1. The van der Waals surface area contributed by atoms with Gasteiger partial charge in [0.1, 0.15) is 11.2 Å². The van der Waals surface area contributed by atoms with E-state index in [1.54, 1.807) is 33.8 Å². The van der Waals surface area contributed by atoms with Crippen LogP contribution < -0.4 is 10.6 Å². The molecule has 0 radical (unpaired) electrons. The maximum absolute atomic E-state index is 12.9. The van der Waals surface area contributed by atoms with Crippen LogP contribution >= 0.6 is 0 Å². The van der Waals surface area contributed by atoms with E-state index >= 15 is 0 Å². The normalized spacial score (nSPS) is 14.7. The number of aromatic nitrogens is 2. The van der Waals surface area contributed by atoms with E-state index in [2.05, 4.69) is 15.7 Å². The van der Waals surface area contributed by atoms with Crippen molar-refractivity contribution in [3.8, 4) is 0 Å². The molecule has 2 aromatic rings. The smallest absolute Gasteiger partial charge is 0.435 e. The zero-order valence-corrected chi connectivity index (χ0v) is 21.6. The molecule has 0 aliphatic heterocycles. The molecular weight excluding hydrogens is 448 g/mol. The Kier molecular flexibility index (Phi) is 7.57. The number of nitrogens with zero attached hydrogens (tertiary/aromatic N) is 2. The monoisotopic (exact) mass is 484 g/mol. The maximum Gasteiger partial charge on any atom is 0.435 e. The number of hydrogen-bond acceptors (Lipinski definition) is 6. The van der Waals surface area contributed by atoms with Crippen LogP contribution in [0.3, 0.4) is 0 Å². The quantitative estimate of drug-likeness (QED) is 0.575. The van der Waals surface area contributed by atoms with Crippen molar-refractivity contribution in [2.24, 2.45) is 0 Å². The number of benzene rings is 1. The summed E-state index contributed by atoms with van der Waals surface area (Å²) in [5.41, 5.74) is 1.26. The summed E-state index contributed by atoms with van der Waals surface area (Å²) in [4.78, 5) is 37.3. The van der Waals surface area contributed by atoms with Gasteiger partial charge in [0.05, 0.1) is 11.6 Å². The lowest BCUT2D eigenvalue weighted by molar-refractivity contribution is -0.117. The van der Waals surface area contributed by atoms with Crippen LogP contribution in [-0.4, -0.2) is 39.1 Å². The first-order valence-corrected chi connectivity index (χ1v) is 11.9. The van der Waals surface area contributed by atoms with E-state index in [0.29, 0.717) is 12.4 Å². The molecule has 2 N–H and O–H groups in total. The Morgan fingerprint density at radius 1 is 1.03 bits per heavy atom. The van der Waals surface area contributed by atoms with E-state index in [9.17, 15) is 14.4 Å². The van der Waals surface area contributed by atoms with E-state index in [1.807, 2.05) is 45.0 Å². The molecule has 3 rings (SSSR count).